The van der Waals surface area contributed by atoms with E-state index in [0.29, 0.717) is 18.1 Å². The van der Waals surface area contributed by atoms with Crippen molar-refractivity contribution in [2.45, 2.75) is 50.7 Å². The molecule has 0 fully saturated rings. The van der Waals surface area contributed by atoms with Gasteiger partial charge in [-0.3, -0.25) is 4.79 Å². The van der Waals surface area contributed by atoms with E-state index >= 15 is 0 Å². The third kappa shape index (κ3) is 5.97. The van der Waals surface area contributed by atoms with Crippen LogP contribution in [-0.4, -0.2) is 45.1 Å². The topological polar surface area (TPSA) is 82.1 Å². The van der Waals surface area contributed by atoms with Crippen molar-refractivity contribution in [2.75, 3.05) is 20.3 Å². The van der Waals surface area contributed by atoms with E-state index in [1.165, 1.54) is 4.31 Å². The number of carbonyl (C=O) groups excluding carboxylic acids is 1. The number of ether oxygens (including phenoxy) is 3. The van der Waals surface area contributed by atoms with Crippen molar-refractivity contribution in [1.29, 1.82) is 0 Å². The molecule has 2 atom stereocenters. The molecule has 0 amide bonds. The first kappa shape index (κ1) is 26.7. The molecule has 0 spiro atoms. The Balaban J connectivity index is 1.72. The zero-order valence-electron chi connectivity index (χ0n) is 21.6. The van der Waals surface area contributed by atoms with E-state index in [1.54, 1.807) is 38.3 Å². The summed E-state index contributed by atoms with van der Waals surface area (Å²) < 4.78 is 45.2. The Labute approximate surface area is 219 Å². The molecule has 0 bridgehead atoms. The highest BCUT2D eigenvalue weighted by molar-refractivity contribution is 7.89. The number of carbonyl (C=O) groups is 1. The standard InChI is InChI=1S/C29H33NO6S/c1-5-35-29(31)17-26(22-9-8-10-25(16-22)34-4)23-14-13-20(2)24(15-23)19-30-18-21(3)36-27-11-6-7-12-28(27)37(30,32)33/h6-16,21,26H,5,17-19H2,1-4H3. The summed E-state index contributed by atoms with van der Waals surface area (Å²) in [6, 6.07) is 20.3. The highest BCUT2D eigenvalue weighted by Gasteiger charge is 2.33. The number of hydrogen-bond donors (Lipinski definition) is 0. The normalized spacial score (nSPS) is 17.7. The smallest absolute Gasteiger partial charge is 0.306 e. The van der Waals surface area contributed by atoms with Crippen LogP contribution in [0.2, 0.25) is 0 Å². The lowest BCUT2D eigenvalue weighted by atomic mass is 9.86. The highest BCUT2D eigenvalue weighted by atomic mass is 32.2. The summed E-state index contributed by atoms with van der Waals surface area (Å²) in [5.74, 6) is 0.491. The molecule has 3 aromatic rings. The van der Waals surface area contributed by atoms with Crippen molar-refractivity contribution in [3.05, 3.63) is 89.0 Å². The van der Waals surface area contributed by atoms with Crippen molar-refractivity contribution in [2.24, 2.45) is 0 Å². The lowest BCUT2D eigenvalue weighted by Gasteiger charge is -2.24. The number of para-hydroxylation sites is 1. The average Bonchev–Trinajstić information content (AvgIpc) is 2.97. The van der Waals surface area contributed by atoms with Gasteiger partial charge >= 0.3 is 5.97 Å². The van der Waals surface area contributed by atoms with E-state index in [1.807, 2.05) is 56.3 Å². The number of nitrogens with zero attached hydrogens (tertiary/aromatic N) is 1. The molecule has 4 rings (SSSR count). The lowest BCUT2D eigenvalue weighted by Crippen LogP contribution is -2.35. The van der Waals surface area contributed by atoms with Crippen LogP contribution >= 0.6 is 0 Å². The fraction of sp³-hybridized carbons (Fsp3) is 0.345. The first-order valence-corrected chi connectivity index (χ1v) is 13.8. The van der Waals surface area contributed by atoms with Gasteiger partial charge in [0.05, 0.1) is 26.7 Å². The second-order valence-corrected chi connectivity index (χ2v) is 11.1. The van der Waals surface area contributed by atoms with E-state index in [0.717, 1.165) is 22.3 Å². The third-order valence-electron chi connectivity index (χ3n) is 6.55. The summed E-state index contributed by atoms with van der Waals surface area (Å²) in [7, 11) is -2.17. The number of aryl methyl sites for hydroxylation is 1. The molecule has 2 unspecified atom stereocenters. The fourth-order valence-electron chi connectivity index (χ4n) is 4.63. The van der Waals surface area contributed by atoms with Gasteiger partial charge in [0.2, 0.25) is 10.0 Å². The average molecular weight is 524 g/mol. The monoisotopic (exact) mass is 523 g/mol. The van der Waals surface area contributed by atoms with Crippen LogP contribution in [0, 0.1) is 6.92 Å². The summed E-state index contributed by atoms with van der Waals surface area (Å²) in [6.45, 7) is 6.33. The van der Waals surface area contributed by atoms with Gasteiger partial charge in [0.1, 0.15) is 22.5 Å². The fourth-order valence-corrected chi connectivity index (χ4v) is 6.24. The van der Waals surface area contributed by atoms with Gasteiger partial charge in [-0.25, -0.2) is 8.42 Å². The van der Waals surface area contributed by atoms with Gasteiger partial charge in [0.25, 0.3) is 0 Å². The summed E-state index contributed by atoms with van der Waals surface area (Å²) in [5, 5.41) is 0. The number of benzene rings is 3. The van der Waals surface area contributed by atoms with Crippen LogP contribution in [0.3, 0.4) is 0 Å². The summed E-state index contributed by atoms with van der Waals surface area (Å²) >= 11 is 0. The minimum Gasteiger partial charge on any atom is -0.497 e. The maximum atomic E-state index is 13.6. The summed E-state index contributed by atoms with van der Waals surface area (Å²) in [4.78, 5) is 12.7. The van der Waals surface area contributed by atoms with Crippen molar-refractivity contribution in [3.63, 3.8) is 0 Å². The van der Waals surface area contributed by atoms with Crippen molar-refractivity contribution in [3.8, 4) is 11.5 Å². The molecule has 0 saturated heterocycles. The molecule has 1 aliphatic heterocycles. The molecule has 37 heavy (non-hydrogen) atoms. The molecule has 0 radical (unpaired) electrons. The van der Waals surface area contributed by atoms with Gasteiger partial charge in [-0.15, -0.1) is 0 Å². The Kier molecular flexibility index (Phi) is 8.19. The van der Waals surface area contributed by atoms with Gasteiger partial charge in [-0.05, 0) is 67.3 Å². The van der Waals surface area contributed by atoms with Crippen LogP contribution in [-0.2, 0) is 26.1 Å². The third-order valence-corrected chi connectivity index (χ3v) is 8.40. The van der Waals surface area contributed by atoms with Crippen LogP contribution in [0.15, 0.2) is 71.6 Å². The Morgan fingerprint density at radius 3 is 2.59 bits per heavy atom. The number of hydrogen-bond acceptors (Lipinski definition) is 6. The Morgan fingerprint density at radius 2 is 1.84 bits per heavy atom. The number of esters is 1. The predicted molar refractivity (Wildman–Crippen MR) is 141 cm³/mol. The van der Waals surface area contributed by atoms with Crippen LogP contribution in [0.4, 0.5) is 0 Å². The largest absolute Gasteiger partial charge is 0.497 e. The van der Waals surface area contributed by atoms with Gasteiger partial charge in [0, 0.05) is 12.5 Å². The second kappa shape index (κ2) is 11.4. The van der Waals surface area contributed by atoms with Crippen LogP contribution in [0.5, 0.6) is 11.5 Å². The van der Waals surface area contributed by atoms with Crippen molar-refractivity contribution in [1.82, 2.24) is 4.31 Å². The highest BCUT2D eigenvalue weighted by Crippen LogP contribution is 2.34. The second-order valence-electron chi connectivity index (χ2n) is 9.20. The SMILES string of the molecule is CCOC(=O)CC(c1cccc(OC)c1)c1ccc(C)c(CN2CC(C)Oc3ccccc3S2(=O)=O)c1. The van der Waals surface area contributed by atoms with Crippen LogP contribution in [0.25, 0.3) is 0 Å². The van der Waals surface area contributed by atoms with Crippen molar-refractivity contribution < 1.29 is 27.4 Å². The molecular formula is C29H33NO6S. The van der Waals surface area contributed by atoms with Gasteiger partial charge < -0.3 is 14.2 Å². The van der Waals surface area contributed by atoms with Gasteiger partial charge in [-0.2, -0.15) is 4.31 Å². The minimum atomic E-state index is -3.77. The minimum absolute atomic E-state index is 0.157. The Bertz CT molecular complexity index is 1370. The van der Waals surface area contributed by atoms with Crippen LogP contribution < -0.4 is 9.47 Å². The Morgan fingerprint density at radius 1 is 1.08 bits per heavy atom. The van der Waals surface area contributed by atoms with E-state index < -0.39 is 10.0 Å². The van der Waals surface area contributed by atoms with E-state index in [4.69, 9.17) is 14.2 Å². The van der Waals surface area contributed by atoms with E-state index in [-0.39, 0.29) is 42.4 Å². The molecule has 7 nitrogen and oxygen atoms in total. The maximum absolute atomic E-state index is 13.6. The number of rotatable bonds is 8. The first-order valence-electron chi connectivity index (χ1n) is 12.4. The van der Waals surface area contributed by atoms with E-state index in [9.17, 15) is 13.2 Å². The quantitative estimate of drug-likeness (QED) is 0.384. The number of fused-ring (bicyclic) bond motifs is 1. The zero-order valence-corrected chi connectivity index (χ0v) is 22.5. The lowest BCUT2D eigenvalue weighted by molar-refractivity contribution is -0.143. The summed E-state index contributed by atoms with van der Waals surface area (Å²) in [5.41, 5.74) is 3.65. The molecule has 0 N–H and O–H groups in total. The molecule has 196 valence electrons. The molecule has 0 aliphatic carbocycles. The van der Waals surface area contributed by atoms with Crippen LogP contribution in [0.1, 0.15) is 48.4 Å². The molecule has 8 heteroatoms. The number of sulfonamides is 1. The molecular weight excluding hydrogens is 490 g/mol. The predicted octanol–water partition coefficient (Wildman–Crippen LogP) is 5.06. The number of methoxy groups -OCH3 is 1. The molecule has 1 heterocycles. The first-order chi connectivity index (χ1) is 17.7. The summed E-state index contributed by atoms with van der Waals surface area (Å²) in [6.07, 6.45) is -0.153. The van der Waals surface area contributed by atoms with E-state index in [2.05, 4.69) is 0 Å². The van der Waals surface area contributed by atoms with Gasteiger partial charge in [-0.1, -0.05) is 42.5 Å². The molecule has 0 saturated carbocycles. The maximum Gasteiger partial charge on any atom is 0.306 e. The van der Waals surface area contributed by atoms with Crippen molar-refractivity contribution >= 4 is 16.0 Å². The zero-order chi connectivity index (χ0) is 26.6. The molecule has 0 aromatic heterocycles. The molecule has 3 aromatic carbocycles. The molecule has 1 aliphatic rings. The Hall–Kier alpha value is -3.36. The van der Waals surface area contributed by atoms with Gasteiger partial charge in [0.15, 0.2) is 0 Å².